The van der Waals surface area contributed by atoms with E-state index in [9.17, 15) is 9.59 Å². The first kappa shape index (κ1) is 16.5. The Balaban J connectivity index is 1.62. The Morgan fingerprint density at radius 3 is 2.68 bits per heavy atom. The number of hydrogen-bond donors (Lipinski definition) is 0. The second-order valence-electron chi connectivity index (χ2n) is 6.34. The molecule has 2 aliphatic rings. The van der Waals surface area contributed by atoms with Gasteiger partial charge in [0, 0.05) is 14.8 Å². The number of rotatable bonds is 3. The van der Waals surface area contributed by atoms with Crippen LogP contribution in [0.3, 0.4) is 0 Å². The fourth-order valence-electron chi connectivity index (χ4n) is 2.95. The minimum Gasteiger partial charge on any atom is -0.455 e. The maximum Gasteiger partial charge on any atom is 0.309 e. The molecule has 1 saturated carbocycles. The number of carbonyl (C=O) groups excluding carboxylic acids is 2. The van der Waals surface area contributed by atoms with Crippen LogP contribution < -0.4 is 4.90 Å². The number of nitrogens with zero attached hydrogens (tertiary/aromatic N) is 1. The summed E-state index contributed by atoms with van der Waals surface area (Å²) in [5, 5.41) is 0.556. The fraction of sp³-hybridized carbons (Fsp3) is 0.263. The van der Waals surface area contributed by atoms with Crippen molar-refractivity contribution in [2.75, 3.05) is 11.5 Å². The Bertz CT molecular complexity index is 869. The first-order chi connectivity index (χ1) is 12.0. The second kappa shape index (κ2) is 6.39. The lowest BCUT2D eigenvalue weighted by atomic mass is 10.2. The molecule has 4 nitrogen and oxygen atoms in total. The van der Waals surface area contributed by atoms with E-state index < -0.39 is 0 Å². The van der Waals surface area contributed by atoms with E-state index in [0.717, 1.165) is 27.6 Å². The van der Waals surface area contributed by atoms with Gasteiger partial charge in [0.1, 0.15) is 0 Å². The zero-order chi connectivity index (χ0) is 17.6. The van der Waals surface area contributed by atoms with Crippen LogP contribution in [0.1, 0.15) is 13.3 Å². The second-order valence-corrected chi connectivity index (χ2v) is 7.86. The summed E-state index contributed by atoms with van der Waals surface area (Å²) in [7, 11) is 0. The highest BCUT2D eigenvalue weighted by molar-refractivity contribution is 7.99. The van der Waals surface area contributed by atoms with Gasteiger partial charge in [-0.15, -0.1) is 0 Å². The van der Waals surface area contributed by atoms with Crippen LogP contribution in [0, 0.1) is 11.8 Å². The summed E-state index contributed by atoms with van der Waals surface area (Å²) >= 11 is 7.73. The van der Waals surface area contributed by atoms with Gasteiger partial charge in [0.2, 0.25) is 0 Å². The molecule has 2 aromatic carbocycles. The monoisotopic (exact) mass is 373 g/mol. The van der Waals surface area contributed by atoms with Crippen molar-refractivity contribution in [1.82, 2.24) is 0 Å². The molecule has 0 saturated heterocycles. The predicted octanol–water partition coefficient (Wildman–Crippen LogP) is 4.67. The third kappa shape index (κ3) is 3.14. The van der Waals surface area contributed by atoms with Gasteiger partial charge in [0.15, 0.2) is 6.61 Å². The Morgan fingerprint density at radius 1 is 1.20 bits per heavy atom. The Morgan fingerprint density at radius 2 is 1.92 bits per heavy atom. The normalized spacial score (nSPS) is 20.5. The Hall–Kier alpha value is -1.98. The summed E-state index contributed by atoms with van der Waals surface area (Å²) in [6.07, 6.45) is 0.842. The molecule has 0 spiro atoms. The average Bonchev–Trinajstić information content (AvgIpc) is 3.34. The molecule has 6 heteroatoms. The Labute approximate surface area is 155 Å². The molecule has 2 aromatic rings. The lowest BCUT2D eigenvalue weighted by Gasteiger charge is -2.31. The van der Waals surface area contributed by atoms with Crippen molar-refractivity contribution in [3.63, 3.8) is 0 Å². The van der Waals surface area contributed by atoms with Crippen molar-refractivity contribution in [3.05, 3.63) is 47.5 Å². The van der Waals surface area contributed by atoms with E-state index in [-0.39, 0.29) is 24.4 Å². The third-order valence-corrected chi connectivity index (χ3v) is 5.85. The first-order valence-electron chi connectivity index (χ1n) is 8.10. The number of ether oxygens (including phenoxy) is 1. The van der Waals surface area contributed by atoms with Gasteiger partial charge >= 0.3 is 5.97 Å². The van der Waals surface area contributed by atoms with Crippen molar-refractivity contribution in [1.29, 1.82) is 0 Å². The molecule has 1 amide bonds. The summed E-state index contributed by atoms with van der Waals surface area (Å²) < 4.78 is 5.24. The summed E-state index contributed by atoms with van der Waals surface area (Å²) in [6, 6.07) is 13.1. The van der Waals surface area contributed by atoms with E-state index in [0.29, 0.717) is 10.9 Å². The minimum absolute atomic E-state index is 0.0567. The maximum atomic E-state index is 12.9. The van der Waals surface area contributed by atoms with Crippen LogP contribution in [0.25, 0.3) is 0 Å². The quantitative estimate of drug-likeness (QED) is 0.733. The zero-order valence-corrected chi connectivity index (χ0v) is 15.1. The van der Waals surface area contributed by atoms with Gasteiger partial charge in [0.25, 0.3) is 5.91 Å². The van der Waals surface area contributed by atoms with Crippen LogP contribution in [0.5, 0.6) is 0 Å². The molecular weight excluding hydrogens is 358 g/mol. The van der Waals surface area contributed by atoms with Crippen molar-refractivity contribution < 1.29 is 14.3 Å². The van der Waals surface area contributed by atoms with Crippen LogP contribution in [-0.4, -0.2) is 18.5 Å². The van der Waals surface area contributed by atoms with Gasteiger partial charge in [-0.3, -0.25) is 14.5 Å². The van der Waals surface area contributed by atoms with Crippen molar-refractivity contribution >= 4 is 46.6 Å². The molecule has 25 heavy (non-hydrogen) atoms. The molecule has 4 rings (SSSR count). The van der Waals surface area contributed by atoms with Crippen LogP contribution in [0.15, 0.2) is 52.3 Å². The number of hydrogen-bond acceptors (Lipinski definition) is 4. The van der Waals surface area contributed by atoms with E-state index in [1.165, 1.54) is 0 Å². The number of carbonyl (C=O) groups is 2. The van der Waals surface area contributed by atoms with Gasteiger partial charge in [-0.1, -0.05) is 42.4 Å². The minimum atomic E-state index is -0.285. The number of anilines is 2. The van der Waals surface area contributed by atoms with E-state index >= 15 is 0 Å². The lowest BCUT2D eigenvalue weighted by Crippen LogP contribution is -2.32. The molecule has 1 fully saturated rings. The first-order valence-corrected chi connectivity index (χ1v) is 9.30. The van der Waals surface area contributed by atoms with E-state index in [4.69, 9.17) is 16.3 Å². The van der Waals surface area contributed by atoms with Crippen molar-refractivity contribution in [3.8, 4) is 0 Å². The molecule has 1 heterocycles. The SMILES string of the molecule is C[C@@H]1C[C@@H]1C(=O)OCC(=O)N1c2ccccc2Sc2ccc(Cl)cc21. The summed E-state index contributed by atoms with van der Waals surface area (Å²) in [5.41, 5.74) is 1.50. The maximum absolute atomic E-state index is 12.9. The molecule has 128 valence electrons. The van der Waals surface area contributed by atoms with E-state index in [1.807, 2.05) is 37.3 Å². The van der Waals surface area contributed by atoms with Crippen LogP contribution in [0.2, 0.25) is 5.02 Å². The average molecular weight is 374 g/mol. The van der Waals surface area contributed by atoms with Crippen LogP contribution >= 0.6 is 23.4 Å². The zero-order valence-electron chi connectivity index (χ0n) is 13.6. The predicted molar refractivity (Wildman–Crippen MR) is 97.4 cm³/mol. The molecule has 0 aromatic heterocycles. The van der Waals surface area contributed by atoms with E-state index in [2.05, 4.69) is 0 Å². The molecule has 0 radical (unpaired) electrons. The highest BCUT2D eigenvalue weighted by atomic mass is 35.5. The topological polar surface area (TPSA) is 46.6 Å². The molecular formula is C19H16ClNO3S. The third-order valence-electron chi connectivity index (χ3n) is 4.49. The molecule has 0 N–H and O–H groups in total. The number of para-hydroxylation sites is 1. The van der Waals surface area contributed by atoms with Gasteiger partial charge < -0.3 is 4.74 Å². The molecule has 0 unspecified atom stereocenters. The molecule has 1 aliphatic carbocycles. The van der Waals surface area contributed by atoms with Crippen molar-refractivity contribution in [2.45, 2.75) is 23.1 Å². The van der Waals surface area contributed by atoms with Gasteiger partial charge in [-0.05, 0) is 42.7 Å². The number of esters is 1. The lowest BCUT2D eigenvalue weighted by molar-refractivity contribution is -0.149. The standard InChI is InChI=1S/C19H16ClNO3S/c1-11-8-13(11)19(23)24-10-18(22)21-14-4-2-3-5-16(14)25-17-7-6-12(20)9-15(17)21/h2-7,9,11,13H,8,10H2,1H3/t11-,13+/m1/s1. The number of halogens is 1. The largest absolute Gasteiger partial charge is 0.455 e. The number of amides is 1. The smallest absolute Gasteiger partial charge is 0.309 e. The summed E-state index contributed by atoms with van der Waals surface area (Å²) in [5.74, 6) is -0.266. The van der Waals surface area contributed by atoms with Crippen molar-refractivity contribution in [2.24, 2.45) is 11.8 Å². The summed E-state index contributed by atoms with van der Waals surface area (Å²) in [4.78, 5) is 28.3. The number of fused-ring (bicyclic) bond motifs is 2. The summed E-state index contributed by atoms with van der Waals surface area (Å²) in [6.45, 7) is 1.73. The van der Waals surface area contributed by atoms with Gasteiger partial charge in [-0.2, -0.15) is 0 Å². The highest BCUT2D eigenvalue weighted by Gasteiger charge is 2.41. The molecule has 1 aliphatic heterocycles. The van der Waals surface area contributed by atoms with Crippen LogP contribution in [-0.2, 0) is 14.3 Å². The fourth-order valence-corrected chi connectivity index (χ4v) is 4.16. The van der Waals surface area contributed by atoms with Crippen LogP contribution in [0.4, 0.5) is 11.4 Å². The van der Waals surface area contributed by atoms with Gasteiger partial charge in [0.05, 0.1) is 17.3 Å². The molecule has 0 bridgehead atoms. The Kier molecular flexibility index (Phi) is 4.21. The number of benzene rings is 2. The molecule has 2 atom stereocenters. The van der Waals surface area contributed by atoms with Gasteiger partial charge in [-0.25, -0.2) is 0 Å². The highest BCUT2D eigenvalue weighted by Crippen LogP contribution is 2.48. The van der Waals surface area contributed by atoms with E-state index in [1.54, 1.807) is 28.8 Å².